The molecule has 4 aliphatic rings. The average molecular weight is 515 g/mol. The molecule has 3 aliphatic carbocycles. The Labute approximate surface area is 206 Å². The number of ketones is 2. The van der Waals surface area contributed by atoms with Gasteiger partial charge in [-0.3, -0.25) is 24.3 Å². The molecule has 5 rings (SSSR count). The molecule has 37 heavy (non-hydrogen) atoms. The molecular formula is C23H21N3O11. The van der Waals surface area contributed by atoms with E-state index >= 15 is 0 Å². The summed E-state index contributed by atoms with van der Waals surface area (Å²) in [5, 5.41) is 76.0. The van der Waals surface area contributed by atoms with Crippen molar-refractivity contribution in [1.82, 2.24) is 4.90 Å². The minimum atomic E-state index is -3.16. The summed E-state index contributed by atoms with van der Waals surface area (Å²) in [5.41, 5.74) is -3.63. The highest BCUT2D eigenvalue weighted by Crippen LogP contribution is 2.63. The highest BCUT2D eigenvalue weighted by atomic mass is 16.4. The number of aromatic carboxylic acids is 1. The first kappa shape index (κ1) is 24.4. The first-order valence-electron chi connectivity index (χ1n) is 10.9. The van der Waals surface area contributed by atoms with Gasteiger partial charge in [-0.25, -0.2) is 4.79 Å². The fourth-order valence-electron chi connectivity index (χ4n) is 6.15. The van der Waals surface area contributed by atoms with Crippen LogP contribution < -0.4 is 5.73 Å². The Balaban J connectivity index is 1.90. The van der Waals surface area contributed by atoms with Crippen molar-refractivity contribution in [3.05, 3.63) is 39.7 Å². The fraction of sp³-hybridized carbons (Fsp3) is 0.348. The maximum atomic E-state index is 13.9. The van der Waals surface area contributed by atoms with Crippen molar-refractivity contribution in [1.29, 1.82) is 0 Å². The van der Waals surface area contributed by atoms with E-state index in [2.05, 4.69) is 4.99 Å². The second-order valence-corrected chi connectivity index (χ2v) is 9.62. The lowest BCUT2D eigenvalue weighted by Gasteiger charge is -2.59. The molecule has 1 fully saturated rings. The Morgan fingerprint density at radius 2 is 1.76 bits per heavy atom. The number of benzene rings is 1. The van der Waals surface area contributed by atoms with Crippen LogP contribution in [0, 0.1) is 5.92 Å². The van der Waals surface area contributed by atoms with Crippen LogP contribution >= 0.6 is 0 Å². The molecule has 14 heteroatoms. The number of phenolic OH excluding ortho intramolecular Hbond substituents is 1. The third-order valence-corrected chi connectivity index (χ3v) is 7.75. The minimum absolute atomic E-state index is 0.253. The predicted octanol–water partition coefficient (Wildman–Crippen LogP) is -1.91. The van der Waals surface area contributed by atoms with Gasteiger partial charge in [-0.2, -0.15) is 0 Å². The Bertz CT molecular complexity index is 1460. The van der Waals surface area contributed by atoms with Crippen LogP contribution in [-0.4, -0.2) is 108 Å². The van der Waals surface area contributed by atoms with E-state index in [9.17, 15) is 54.9 Å². The zero-order chi connectivity index (χ0) is 27.5. The van der Waals surface area contributed by atoms with Crippen LogP contribution in [0.5, 0.6) is 11.5 Å². The van der Waals surface area contributed by atoms with Crippen molar-refractivity contribution < 1.29 is 54.9 Å². The highest BCUT2D eigenvalue weighted by molar-refractivity contribution is 6.25. The summed E-state index contributed by atoms with van der Waals surface area (Å²) >= 11 is 0. The van der Waals surface area contributed by atoms with Gasteiger partial charge in [-0.15, -0.1) is 0 Å². The molecule has 0 unspecified atom stereocenters. The van der Waals surface area contributed by atoms with Crippen LogP contribution in [0.25, 0.3) is 5.76 Å². The van der Waals surface area contributed by atoms with E-state index in [-0.39, 0.29) is 5.56 Å². The second kappa shape index (κ2) is 7.15. The number of carbonyl (C=O) groups excluding carboxylic acids is 3. The molecule has 1 aromatic rings. The number of amides is 1. The summed E-state index contributed by atoms with van der Waals surface area (Å²) in [5.74, 6) is -13.0. The van der Waals surface area contributed by atoms with Crippen LogP contribution in [0.3, 0.4) is 0 Å². The van der Waals surface area contributed by atoms with Gasteiger partial charge < -0.3 is 41.5 Å². The summed E-state index contributed by atoms with van der Waals surface area (Å²) in [6, 6.07) is -0.850. The van der Waals surface area contributed by atoms with E-state index in [4.69, 9.17) is 5.73 Å². The number of Topliss-reactive ketones (excluding diaryl/α,β-unsaturated/α-hetero) is 2. The van der Waals surface area contributed by atoms with Crippen LogP contribution in [0.15, 0.2) is 28.0 Å². The molecule has 1 aliphatic heterocycles. The van der Waals surface area contributed by atoms with Gasteiger partial charge in [-0.1, -0.05) is 0 Å². The molecule has 194 valence electrons. The number of aliphatic hydroxyl groups excluding tert-OH is 3. The number of nitrogens with two attached hydrogens (primary N) is 1. The Hall–Kier alpha value is -4.27. The van der Waals surface area contributed by atoms with Gasteiger partial charge in [0.05, 0.1) is 35.1 Å². The molecule has 9 N–H and O–H groups in total. The minimum Gasteiger partial charge on any atom is -0.508 e. The lowest BCUT2D eigenvalue weighted by molar-refractivity contribution is -0.171. The third-order valence-electron chi connectivity index (χ3n) is 7.75. The number of hydrogen-bond acceptors (Lipinski definition) is 12. The van der Waals surface area contributed by atoms with E-state index < -0.39 is 104 Å². The largest absolute Gasteiger partial charge is 0.508 e. The van der Waals surface area contributed by atoms with Crippen LogP contribution in [0.1, 0.15) is 27.4 Å². The number of carboxylic acids is 1. The molecule has 1 heterocycles. The number of aromatic hydroxyl groups is 2. The lowest BCUT2D eigenvalue weighted by atomic mass is 9.49. The van der Waals surface area contributed by atoms with E-state index in [0.717, 1.165) is 6.07 Å². The number of likely N-dealkylation sites (N-methyl/N-ethyl adjacent to an activating group) is 1. The summed E-state index contributed by atoms with van der Waals surface area (Å²) in [6.45, 7) is 0. The average Bonchev–Trinajstić information content (AvgIpc) is 2.77. The smallest absolute Gasteiger partial charge is 0.339 e. The van der Waals surface area contributed by atoms with Crippen LogP contribution in [0.4, 0.5) is 0 Å². The normalized spacial score (nSPS) is 34.0. The van der Waals surface area contributed by atoms with Gasteiger partial charge in [0.25, 0.3) is 5.91 Å². The molecule has 1 spiro atoms. The molecule has 1 amide bonds. The number of fused-ring (bicyclic) bond motifs is 3. The molecule has 0 saturated heterocycles. The van der Waals surface area contributed by atoms with Gasteiger partial charge >= 0.3 is 5.97 Å². The summed E-state index contributed by atoms with van der Waals surface area (Å²) in [7, 11) is 2.72. The summed E-state index contributed by atoms with van der Waals surface area (Å²) in [6.07, 6.45) is -0.824. The monoisotopic (exact) mass is 515 g/mol. The maximum Gasteiger partial charge on any atom is 0.339 e. The first-order valence-corrected chi connectivity index (χ1v) is 10.9. The number of carbonyl (C=O) groups is 4. The van der Waals surface area contributed by atoms with Crippen LogP contribution in [-0.2, 0) is 14.4 Å². The third kappa shape index (κ3) is 2.51. The Morgan fingerprint density at radius 1 is 1.14 bits per heavy atom. The van der Waals surface area contributed by atoms with E-state index in [0.29, 0.717) is 0 Å². The SMILES string of the molecule is CN(C)[C@@H]1C(=O)C(C(N)=O)=C(O)[C@@]2(O)C(=O)C3=C(O)c4c(O)c(C(=O)O)cc(O)c4[C@@H]4C=N[C@]34[C@H](O)[C@@H]12. The number of carboxylic acid groups (broad SMARTS) is 1. The zero-order valence-electron chi connectivity index (χ0n) is 19.2. The topological polar surface area (TPSA) is 252 Å². The maximum absolute atomic E-state index is 13.9. The lowest BCUT2D eigenvalue weighted by Crippen LogP contribution is -2.76. The zero-order valence-corrected chi connectivity index (χ0v) is 19.2. The van der Waals surface area contributed by atoms with Crippen LogP contribution in [0.2, 0.25) is 0 Å². The number of aliphatic imine (C=N–C) groups is 1. The van der Waals surface area contributed by atoms with E-state index in [1.807, 2.05) is 0 Å². The van der Waals surface area contributed by atoms with Gasteiger partial charge in [0.2, 0.25) is 5.78 Å². The second-order valence-electron chi connectivity index (χ2n) is 9.62. The molecule has 0 radical (unpaired) electrons. The van der Waals surface area contributed by atoms with Gasteiger partial charge in [0.1, 0.15) is 39.7 Å². The summed E-state index contributed by atoms with van der Waals surface area (Å²) in [4.78, 5) is 56.1. The van der Waals surface area contributed by atoms with Gasteiger partial charge in [0, 0.05) is 11.8 Å². The number of aliphatic hydroxyl groups is 4. The molecular weight excluding hydrogens is 494 g/mol. The number of hydrogen-bond donors (Lipinski definition) is 8. The quantitative estimate of drug-likeness (QED) is 0.162. The molecule has 6 atom stereocenters. The fourth-order valence-corrected chi connectivity index (χ4v) is 6.15. The van der Waals surface area contributed by atoms with Crippen molar-refractivity contribution in [3.63, 3.8) is 0 Å². The van der Waals surface area contributed by atoms with Gasteiger partial charge in [0.15, 0.2) is 11.4 Å². The van der Waals surface area contributed by atoms with Crippen molar-refractivity contribution in [2.24, 2.45) is 16.6 Å². The number of rotatable bonds is 3. The van der Waals surface area contributed by atoms with E-state index in [1.165, 1.54) is 25.2 Å². The Kier molecular flexibility index (Phi) is 4.72. The van der Waals surface area contributed by atoms with Crippen molar-refractivity contribution in [2.45, 2.75) is 29.2 Å². The standard InChI is InChI=1S/C23H21N3O11/c1-26(2)13-11-18(32)22-6(4-25-22)8-7(27)3-5(21(35)36)14(28)9(8)15(29)12(22)19(33)23(11,37)17(31)10(16(13)30)20(24)34/h3-4,6,11,13,18,27-29,31-32,37H,1-2H3,(H2,24,34)(H,35,36)/t6-,11+,13-,18+,22-,23+/m0/s1. The van der Waals surface area contributed by atoms with Gasteiger partial charge in [-0.05, 0) is 20.2 Å². The van der Waals surface area contributed by atoms with Crippen molar-refractivity contribution in [3.8, 4) is 11.5 Å². The number of primary amides is 1. The van der Waals surface area contributed by atoms with E-state index in [1.54, 1.807) is 0 Å². The number of phenols is 2. The molecule has 0 aromatic heterocycles. The van der Waals surface area contributed by atoms with Crippen molar-refractivity contribution >= 4 is 35.4 Å². The molecule has 14 nitrogen and oxygen atoms in total. The molecule has 1 aromatic carbocycles. The highest BCUT2D eigenvalue weighted by Gasteiger charge is 2.75. The first-order chi connectivity index (χ1) is 17.1. The number of nitrogens with zero attached hydrogens (tertiary/aromatic N) is 2. The summed E-state index contributed by atoms with van der Waals surface area (Å²) < 4.78 is 0. The molecule has 1 saturated carbocycles. The predicted molar refractivity (Wildman–Crippen MR) is 121 cm³/mol. The Morgan fingerprint density at radius 3 is 2.24 bits per heavy atom. The van der Waals surface area contributed by atoms with Crippen molar-refractivity contribution in [2.75, 3.05) is 14.1 Å². The molecule has 0 bridgehead atoms.